The molecule has 0 spiro atoms. The molecule has 0 saturated carbocycles. The van der Waals surface area contributed by atoms with Gasteiger partial charge in [-0.2, -0.15) is 13.2 Å². The molecule has 1 aliphatic rings. The summed E-state index contributed by atoms with van der Waals surface area (Å²) in [6.07, 6.45) is -4.44. The van der Waals surface area contributed by atoms with Gasteiger partial charge in [-0.15, -0.1) is 23.5 Å². The fraction of sp³-hybridized carbons (Fsp3) is 0.273. The Labute approximate surface area is 130 Å². The largest absolute Gasteiger partial charge is 0.417 e. The van der Waals surface area contributed by atoms with Gasteiger partial charge in [0.05, 0.1) is 11.1 Å². The average Bonchev–Trinajstić information content (AvgIpc) is 3.06. The van der Waals surface area contributed by atoms with E-state index in [9.17, 15) is 18.0 Å². The lowest BCUT2D eigenvalue weighted by atomic mass is 10.1. The molecule has 3 rings (SSSR count). The van der Waals surface area contributed by atoms with Gasteiger partial charge >= 0.3 is 6.18 Å². The van der Waals surface area contributed by atoms with Crippen LogP contribution in [0.1, 0.15) is 15.9 Å². The Balaban J connectivity index is 1.97. The minimum absolute atomic E-state index is 0.0984. The number of nitrogens with zero attached hydrogens (tertiary/aromatic N) is 4. The van der Waals surface area contributed by atoms with Gasteiger partial charge in [-0.1, -0.05) is 5.10 Å². The smallest absolute Gasteiger partial charge is 0.289 e. The van der Waals surface area contributed by atoms with Gasteiger partial charge in [0.25, 0.3) is 5.91 Å². The highest BCUT2D eigenvalue weighted by Crippen LogP contribution is 2.49. The predicted molar refractivity (Wildman–Crippen MR) is 74.8 cm³/mol. The summed E-state index contributed by atoms with van der Waals surface area (Å²) in [6.45, 7) is 0. The van der Waals surface area contributed by atoms with Gasteiger partial charge < -0.3 is 0 Å². The van der Waals surface area contributed by atoms with Crippen molar-refractivity contribution in [3.05, 3.63) is 23.3 Å². The van der Waals surface area contributed by atoms with Crippen molar-refractivity contribution in [3.63, 3.8) is 0 Å². The van der Waals surface area contributed by atoms with Crippen LogP contribution in [0.15, 0.2) is 21.9 Å². The Bertz CT molecular complexity index is 746. The van der Waals surface area contributed by atoms with Gasteiger partial charge in [0.1, 0.15) is 0 Å². The first kappa shape index (κ1) is 15.2. The molecular weight excluding hydrogens is 339 g/mol. The summed E-state index contributed by atoms with van der Waals surface area (Å²) >= 11 is 2.30. The van der Waals surface area contributed by atoms with Crippen LogP contribution in [0.2, 0.25) is 0 Å². The molecule has 6 nitrogen and oxygen atoms in total. The number of carbonyl (C=O) groups is 1. The van der Waals surface area contributed by atoms with Crippen molar-refractivity contribution < 1.29 is 18.0 Å². The van der Waals surface area contributed by atoms with Crippen molar-refractivity contribution >= 4 is 35.4 Å². The third-order valence-electron chi connectivity index (χ3n) is 2.91. The highest BCUT2D eigenvalue weighted by atomic mass is 32.2. The number of aryl methyl sites for hydroxylation is 1. The zero-order chi connectivity index (χ0) is 15.9. The van der Waals surface area contributed by atoms with Crippen LogP contribution < -0.4 is 5.32 Å². The standard InChI is InChI=1S/C11H8F3N5OS2/c1-19-10(16-17-18-19)15-9(20)5-2-3-6(11(12,13)14)8-7(5)21-4-22-8/h2-3H,4H2,1H3,(H,15,16,18,20). The van der Waals surface area contributed by atoms with Crippen molar-refractivity contribution in [2.75, 3.05) is 10.4 Å². The van der Waals surface area contributed by atoms with Gasteiger partial charge in [-0.05, 0) is 22.6 Å². The van der Waals surface area contributed by atoms with Gasteiger partial charge in [0, 0.05) is 21.9 Å². The van der Waals surface area contributed by atoms with Gasteiger partial charge in [-0.25, -0.2) is 4.68 Å². The summed E-state index contributed by atoms with van der Waals surface area (Å²) in [5.41, 5.74) is -0.532. The Morgan fingerprint density at radius 3 is 2.68 bits per heavy atom. The summed E-state index contributed by atoms with van der Waals surface area (Å²) in [6, 6.07) is 2.11. The Kier molecular flexibility index (Phi) is 3.77. The molecule has 22 heavy (non-hydrogen) atoms. The molecule has 0 unspecified atom stereocenters. The van der Waals surface area contributed by atoms with E-state index in [1.54, 1.807) is 0 Å². The number of hydrogen-bond donors (Lipinski definition) is 1. The monoisotopic (exact) mass is 347 g/mol. The number of carbonyl (C=O) groups excluding carboxylic acids is 1. The number of thioether (sulfide) groups is 2. The fourth-order valence-corrected chi connectivity index (χ4v) is 4.57. The second-order valence-electron chi connectivity index (χ2n) is 4.30. The lowest BCUT2D eigenvalue weighted by Crippen LogP contribution is -2.17. The molecule has 2 heterocycles. The normalized spacial score (nSPS) is 14.0. The van der Waals surface area contributed by atoms with Crippen LogP contribution in [-0.4, -0.2) is 31.2 Å². The first-order chi connectivity index (χ1) is 10.4. The van der Waals surface area contributed by atoms with Crippen molar-refractivity contribution in [3.8, 4) is 0 Å². The molecule has 0 atom stereocenters. The van der Waals surface area contributed by atoms with Crippen LogP contribution in [0.3, 0.4) is 0 Å². The van der Waals surface area contributed by atoms with Gasteiger partial charge in [0.2, 0.25) is 5.95 Å². The number of hydrogen-bond acceptors (Lipinski definition) is 6. The lowest BCUT2D eigenvalue weighted by Gasteiger charge is -2.13. The molecule has 11 heteroatoms. The van der Waals surface area contributed by atoms with E-state index >= 15 is 0 Å². The predicted octanol–water partition coefficient (Wildman–Crippen LogP) is 2.64. The molecule has 0 bridgehead atoms. The summed E-state index contributed by atoms with van der Waals surface area (Å²) in [4.78, 5) is 12.7. The minimum atomic E-state index is -4.44. The zero-order valence-corrected chi connectivity index (χ0v) is 12.6. The number of rotatable bonds is 2. The van der Waals surface area contributed by atoms with E-state index in [1.807, 2.05) is 0 Å². The maximum absolute atomic E-state index is 13.0. The molecule has 1 amide bonds. The summed E-state index contributed by atoms with van der Waals surface area (Å²) in [5.74, 6) is -0.424. The summed E-state index contributed by atoms with van der Waals surface area (Å²) < 4.78 is 40.2. The number of halogens is 3. The third kappa shape index (κ3) is 2.65. The van der Waals surface area contributed by atoms with Crippen LogP contribution in [0.4, 0.5) is 19.1 Å². The molecule has 0 saturated heterocycles. The van der Waals surface area contributed by atoms with Crippen molar-refractivity contribution in [2.24, 2.45) is 7.05 Å². The second kappa shape index (κ2) is 5.47. The number of fused-ring (bicyclic) bond motifs is 1. The molecule has 1 aromatic heterocycles. The molecule has 1 N–H and O–H groups in total. The Morgan fingerprint density at radius 2 is 2.05 bits per heavy atom. The molecule has 116 valence electrons. The first-order valence-corrected chi connectivity index (χ1v) is 7.88. The van der Waals surface area contributed by atoms with E-state index in [-0.39, 0.29) is 16.4 Å². The molecule has 0 aliphatic carbocycles. The van der Waals surface area contributed by atoms with E-state index in [0.29, 0.717) is 9.98 Å². The van der Waals surface area contributed by atoms with E-state index in [4.69, 9.17) is 0 Å². The van der Waals surface area contributed by atoms with Crippen molar-refractivity contribution in [1.29, 1.82) is 0 Å². The van der Waals surface area contributed by atoms with E-state index in [0.717, 1.165) is 17.8 Å². The molecule has 1 aliphatic heterocycles. The van der Waals surface area contributed by atoms with E-state index in [2.05, 4.69) is 20.8 Å². The number of nitrogens with one attached hydrogen (secondary N) is 1. The van der Waals surface area contributed by atoms with E-state index in [1.165, 1.54) is 29.6 Å². The van der Waals surface area contributed by atoms with Crippen LogP contribution in [0.25, 0.3) is 0 Å². The van der Waals surface area contributed by atoms with Gasteiger partial charge in [0.15, 0.2) is 0 Å². The van der Waals surface area contributed by atoms with Crippen LogP contribution in [0, 0.1) is 0 Å². The summed E-state index contributed by atoms with van der Waals surface area (Å²) in [5, 5.41) is 13.5. The Hall–Kier alpha value is -1.75. The average molecular weight is 347 g/mol. The highest BCUT2D eigenvalue weighted by Gasteiger charge is 2.37. The molecule has 2 aromatic rings. The Morgan fingerprint density at radius 1 is 1.32 bits per heavy atom. The first-order valence-electron chi connectivity index (χ1n) is 5.91. The third-order valence-corrected chi connectivity index (χ3v) is 5.41. The summed E-state index contributed by atoms with van der Waals surface area (Å²) in [7, 11) is 1.54. The van der Waals surface area contributed by atoms with E-state index < -0.39 is 17.6 Å². The number of benzene rings is 1. The lowest BCUT2D eigenvalue weighted by molar-refractivity contribution is -0.140. The number of tetrazole rings is 1. The SMILES string of the molecule is Cn1nnnc1NC(=O)c1ccc(C(F)(F)F)c2c1SCS2. The quantitative estimate of drug-likeness (QED) is 0.900. The maximum atomic E-state index is 13.0. The molecule has 1 aromatic carbocycles. The number of anilines is 1. The number of aromatic nitrogens is 4. The minimum Gasteiger partial charge on any atom is -0.289 e. The number of alkyl halides is 3. The molecule has 0 radical (unpaired) electrons. The number of amides is 1. The van der Waals surface area contributed by atoms with Crippen molar-refractivity contribution in [2.45, 2.75) is 16.0 Å². The highest BCUT2D eigenvalue weighted by molar-refractivity contribution is 8.18. The van der Waals surface area contributed by atoms with Crippen molar-refractivity contribution in [1.82, 2.24) is 20.2 Å². The zero-order valence-electron chi connectivity index (χ0n) is 11.0. The maximum Gasteiger partial charge on any atom is 0.417 e. The molecular formula is C11H8F3N5OS2. The second-order valence-corrected chi connectivity index (χ2v) is 6.64. The fourth-order valence-electron chi connectivity index (χ4n) is 1.90. The topological polar surface area (TPSA) is 72.7 Å². The van der Waals surface area contributed by atoms with Crippen LogP contribution in [-0.2, 0) is 13.2 Å². The molecule has 0 fully saturated rings. The van der Waals surface area contributed by atoms with Crippen LogP contribution >= 0.6 is 23.5 Å². The van der Waals surface area contributed by atoms with Gasteiger partial charge in [-0.3, -0.25) is 10.1 Å². The van der Waals surface area contributed by atoms with Crippen LogP contribution in [0.5, 0.6) is 0 Å².